The Labute approximate surface area is 129 Å². The zero-order chi connectivity index (χ0) is 13.9. The summed E-state index contributed by atoms with van der Waals surface area (Å²) in [5, 5.41) is 6.43. The molecule has 0 spiro atoms. The first-order chi connectivity index (χ1) is 9.75. The molecule has 0 unspecified atom stereocenters. The molecule has 4 heteroatoms. The van der Waals surface area contributed by atoms with Crippen molar-refractivity contribution >= 4 is 28.7 Å². The highest BCUT2D eigenvalue weighted by Crippen LogP contribution is 2.32. The zero-order valence-electron chi connectivity index (χ0n) is 11.5. The quantitative estimate of drug-likeness (QED) is 0.851. The molecule has 0 amide bonds. The van der Waals surface area contributed by atoms with Gasteiger partial charge in [0.05, 0.1) is 6.04 Å². The van der Waals surface area contributed by atoms with Crippen molar-refractivity contribution in [2.24, 2.45) is 0 Å². The molecule has 1 N–H and O–H groups in total. The second-order valence-corrected chi connectivity index (χ2v) is 6.45. The molecular formula is C16H18N2S2. The summed E-state index contributed by atoms with van der Waals surface area (Å²) in [6.45, 7) is 4.04. The summed E-state index contributed by atoms with van der Waals surface area (Å²) in [6, 6.07) is 13.0. The summed E-state index contributed by atoms with van der Waals surface area (Å²) in [4.78, 5) is 3.81. The third kappa shape index (κ3) is 2.72. The van der Waals surface area contributed by atoms with E-state index in [0.29, 0.717) is 6.04 Å². The second-order valence-electron chi connectivity index (χ2n) is 5.06. The number of thiophene rings is 1. The number of benzene rings is 1. The van der Waals surface area contributed by atoms with E-state index < -0.39 is 0 Å². The monoisotopic (exact) mass is 302 g/mol. The minimum absolute atomic E-state index is 0.376. The van der Waals surface area contributed by atoms with Gasteiger partial charge in [-0.15, -0.1) is 11.3 Å². The lowest BCUT2D eigenvalue weighted by Gasteiger charge is -2.35. The molecule has 104 valence electrons. The third-order valence-electron chi connectivity index (χ3n) is 3.82. The lowest BCUT2D eigenvalue weighted by atomic mass is 10.0. The molecule has 1 aliphatic heterocycles. The lowest BCUT2D eigenvalue weighted by Crippen LogP contribution is -2.44. The molecular weight excluding hydrogens is 284 g/mol. The summed E-state index contributed by atoms with van der Waals surface area (Å²) < 4.78 is 0. The van der Waals surface area contributed by atoms with Gasteiger partial charge in [-0.05, 0) is 48.1 Å². The molecule has 0 saturated carbocycles. The standard InChI is InChI=1S/C16H18N2S2/c1-12-14-8-10-20-15(14)7-9-18(12)16(19)17-11-13-5-3-2-4-6-13/h2-6,8,10,12H,7,9,11H2,1H3,(H,17,19)/t12-/m1/s1. The maximum atomic E-state index is 5.57. The Morgan fingerprint density at radius 2 is 2.15 bits per heavy atom. The molecule has 0 radical (unpaired) electrons. The molecule has 1 aromatic carbocycles. The molecule has 0 saturated heterocycles. The first-order valence-electron chi connectivity index (χ1n) is 6.90. The lowest BCUT2D eigenvalue weighted by molar-refractivity contribution is 0.317. The Morgan fingerprint density at radius 3 is 2.95 bits per heavy atom. The number of thiocarbonyl (C=S) groups is 1. The maximum Gasteiger partial charge on any atom is 0.169 e. The fraction of sp³-hybridized carbons (Fsp3) is 0.312. The highest BCUT2D eigenvalue weighted by Gasteiger charge is 2.26. The van der Waals surface area contributed by atoms with Crippen molar-refractivity contribution in [2.75, 3.05) is 6.54 Å². The fourth-order valence-corrected chi connectivity index (χ4v) is 3.95. The largest absolute Gasteiger partial charge is 0.358 e. The van der Waals surface area contributed by atoms with Crippen LogP contribution >= 0.6 is 23.6 Å². The van der Waals surface area contributed by atoms with Crippen LogP contribution < -0.4 is 5.32 Å². The van der Waals surface area contributed by atoms with E-state index in [4.69, 9.17) is 12.2 Å². The van der Waals surface area contributed by atoms with E-state index in [1.165, 1.54) is 16.0 Å². The molecule has 0 aliphatic carbocycles. The SMILES string of the molecule is C[C@@H]1c2ccsc2CCN1C(=S)NCc1ccccc1. The molecule has 1 atom stereocenters. The van der Waals surface area contributed by atoms with Crippen LogP contribution in [-0.4, -0.2) is 16.6 Å². The normalized spacial score (nSPS) is 17.6. The summed E-state index contributed by atoms with van der Waals surface area (Å²) in [6.07, 6.45) is 1.10. The van der Waals surface area contributed by atoms with Crippen molar-refractivity contribution in [1.82, 2.24) is 10.2 Å². The molecule has 0 bridgehead atoms. The van der Waals surface area contributed by atoms with Crippen molar-refractivity contribution in [1.29, 1.82) is 0 Å². The van der Waals surface area contributed by atoms with Gasteiger partial charge in [-0.1, -0.05) is 30.3 Å². The van der Waals surface area contributed by atoms with Gasteiger partial charge in [0.2, 0.25) is 0 Å². The van der Waals surface area contributed by atoms with Crippen LogP contribution in [0.1, 0.15) is 29.0 Å². The van der Waals surface area contributed by atoms with E-state index in [9.17, 15) is 0 Å². The molecule has 1 aliphatic rings. The number of hydrogen-bond donors (Lipinski definition) is 1. The minimum Gasteiger partial charge on any atom is -0.358 e. The van der Waals surface area contributed by atoms with Crippen LogP contribution in [0.25, 0.3) is 0 Å². The van der Waals surface area contributed by atoms with Crippen LogP contribution in [0.4, 0.5) is 0 Å². The van der Waals surface area contributed by atoms with Gasteiger partial charge in [0.15, 0.2) is 5.11 Å². The number of nitrogens with zero attached hydrogens (tertiary/aromatic N) is 1. The molecule has 2 aromatic rings. The van der Waals surface area contributed by atoms with Gasteiger partial charge in [-0.25, -0.2) is 0 Å². The van der Waals surface area contributed by atoms with Gasteiger partial charge < -0.3 is 10.2 Å². The maximum absolute atomic E-state index is 5.57. The molecule has 20 heavy (non-hydrogen) atoms. The second kappa shape index (κ2) is 5.94. The van der Waals surface area contributed by atoms with Gasteiger partial charge in [0.25, 0.3) is 0 Å². The van der Waals surface area contributed by atoms with Crippen LogP contribution in [0, 0.1) is 0 Å². The summed E-state index contributed by atoms with van der Waals surface area (Å²) in [5.74, 6) is 0. The van der Waals surface area contributed by atoms with Crippen LogP contribution in [-0.2, 0) is 13.0 Å². The van der Waals surface area contributed by atoms with Gasteiger partial charge >= 0.3 is 0 Å². The number of nitrogens with one attached hydrogen (secondary N) is 1. The highest BCUT2D eigenvalue weighted by molar-refractivity contribution is 7.80. The molecule has 3 rings (SSSR count). The summed E-state index contributed by atoms with van der Waals surface area (Å²) in [5.41, 5.74) is 2.70. The Hall–Kier alpha value is -1.39. The minimum atomic E-state index is 0.376. The Bertz CT molecular complexity index is 592. The van der Waals surface area contributed by atoms with Crippen LogP contribution in [0.3, 0.4) is 0 Å². The number of fused-ring (bicyclic) bond motifs is 1. The van der Waals surface area contributed by atoms with Crippen LogP contribution in [0.2, 0.25) is 0 Å². The van der Waals surface area contributed by atoms with E-state index in [1.807, 2.05) is 17.4 Å². The van der Waals surface area contributed by atoms with E-state index in [0.717, 1.165) is 24.6 Å². The van der Waals surface area contributed by atoms with Gasteiger partial charge in [0, 0.05) is 18.0 Å². The average molecular weight is 302 g/mol. The number of hydrogen-bond acceptors (Lipinski definition) is 2. The first kappa shape index (κ1) is 13.6. The van der Waals surface area contributed by atoms with Gasteiger partial charge in [-0.2, -0.15) is 0 Å². The van der Waals surface area contributed by atoms with E-state index in [2.05, 4.69) is 52.9 Å². The topological polar surface area (TPSA) is 15.3 Å². The van der Waals surface area contributed by atoms with Crippen LogP contribution in [0.15, 0.2) is 41.8 Å². The summed E-state index contributed by atoms with van der Waals surface area (Å²) >= 11 is 7.43. The molecule has 2 heterocycles. The zero-order valence-corrected chi connectivity index (χ0v) is 13.1. The van der Waals surface area contributed by atoms with Crippen molar-refractivity contribution in [3.05, 3.63) is 57.8 Å². The first-order valence-corrected chi connectivity index (χ1v) is 8.19. The highest BCUT2D eigenvalue weighted by atomic mass is 32.1. The fourth-order valence-electron chi connectivity index (χ4n) is 2.66. The number of rotatable bonds is 2. The third-order valence-corrected chi connectivity index (χ3v) is 5.20. The summed E-state index contributed by atoms with van der Waals surface area (Å²) in [7, 11) is 0. The van der Waals surface area contributed by atoms with Crippen molar-refractivity contribution < 1.29 is 0 Å². The van der Waals surface area contributed by atoms with Gasteiger partial charge in [0.1, 0.15) is 0 Å². The smallest absolute Gasteiger partial charge is 0.169 e. The van der Waals surface area contributed by atoms with E-state index in [-0.39, 0.29) is 0 Å². The molecule has 2 nitrogen and oxygen atoms in total. The predicted molar refractivity (Wildman–Crippen MR) is 89.0 cm³/mol. The van der Waals surface area contributed by atoms with Crippen LogP contribution in [0.5, 0.6) is 0 Å². The molecule has 1 aromatic heterocycles. The molecule has 0 fully saturated rings. The van der Waals surface area contributed by atoms with Crippen molar-refractivity contribution in [3.63, 3.8) is 0 Å². The Morgan fingerprint density at radius 1 is 1.35 bits per heavy atom. The van der Waals surface area contributed by atoms with E-state index in [1.54, 1.807) is 0 Å². The Balaban J connectivity index is 1.64. The van der Waals surface area contributed by atoms with Crippen molar-refractivity contribution in [2.45, 2.75) is 25.9 Å². The van der Waals surface area contributed by atoms with E-state index >= 15 is 0 Å². The van der Waals surface area contributed by atoms with Crippen molar-refractivity contribution in [3.8, 4) is 0 Å². The average Bonchev–Trinajstić information content (AvgIpc) is 2.96. The van der Waals surface area contributed by atoms with Gasteiger partial charge in [-0.3, -0.25) is 0 Å². The predicted octanol–water partition coefficient (Wildman–Crippen LogP) is 3.74. The Kier molecular flexibility index (Phi) is 4.03.